The molecule has 4 rings (SSSR count). The molecule has 29 heavy (non-hydrogen) atoms. The molecule has 0 radical (unpaired) electrons. The van der Waals surface area contributed by atoms with Crippen LogP contribution in [0.15, 0.2) is 41.5 Å². The van der Waals surface area contributed by atoms with Gasteiger partial charge in [0.2, 0.25) is 5.79 Å². The highest BCUT2D eigenvalue weighted by molar-refractivity contribution is 6.18. The molecule has 0 spiro atoms. The maximum absolute atomic E-state index is 13.0. The Labute approximate surface area is 165 Å². The van der Waals surface area contributed by atoms with Crippen molar-refractivity contribution in [3.63, 3.8) is 0 Å². The standard InChI is InChI=1S/C21H18O8/c1-29-21(28)4-2-3-10-14(21)6-9-5-12-13(7-11(9)17(10)24)18(25)16(15(23)8-22)20(27)19(12)26/h2-7,16,18,20,22,25,27-28H,8H2,1H3. The maximum Gasteiger partial charge on any atom is 0.213 e. The van der Waals surface area contributed by atoms with Crippen molar-refractivity contribution in [2.24, 2.45) is 5.92 Å². The number of hydrogen-bond acceptors (Lipinski definition) is 8. The van der Waals surface area contributed by atoms with Crippen LogP contribution in [0, 0.1) is 5.92 Å². The van der Waals surface area contributed by atoms with Gasteiger partial charge < -0.3 is 25.2 Å². The third kappa shape index (κ3) is 2.69. The van der Waals surface area contributed by atoms with Gasteiger partial charge in [-0.3, -0.25) is 14.4 Å². The molecule has 150 valence electrons. The number of aliphatic hydroxyl groups excluding tert-OH is 3. The van der Waals surface area contributed by atoms with Crippen molar-refractivity contribution in [1.82, 2.24) is 0 Å². The molecule has 0 aromatic heterocycles. The lowest BCUT2D eigenvalue weighted by Gasteiger charge is -2.35. The summed E-state index contributed by atoms with van der Waals surface area (Å²) >= 11 is 0. The lowest BCUT2D eigenvalue weighted by atomic mass is 9.73. The minimum absolute atomic E-state index is 0.0323. The van der Waals surface area contributed by atoms with Gasteiger partial charge in [0.1, 0.15) is 12.7 Å². The summed E-state index contributed by atoms with van der Waals surface area (Å²) in [4.78, 5) is 37.6. The van der Waals surface area contributed by atoms with E-state index in [1.54, 1.807) is 0 Å². The number of methoxy groups -OCH3 is 1. The molecule has 0 saturated heterocycles. The van der Waals surface area contributed by atoms with E-state index in [2.05, 4.69) is 0 Å². The number of fused-ring (bicyclic) bond motifs is 3. The first-order valence-electron chi connectivity index (χ1n) is 8.89. The molecule has 0 bridgehead atoms. The van der Waals surface area contributed by atoms with Crippen molar-refractivity contribution < 1.29 is 39.5 Å². The first kappa shape index (κ1) is 19.6. The lowest BCUT2D eigenvalue weighted by Crippen LogP contribution is -2.44. The van der Waals surface area contributed by atoms with Crippen molar-refractivity contribution in [3.05, 3.63) is 63.8 Å². The second-order valence-corrected chi connectivity index (χ2v) is 7.16. The molecule has 0 heterocycles. The number of carbonyl (C=O) groups is 3. The van der Waals surface area contributed by atoms with E-state index in [9.17, 15) is 29.7 Å². The summed E-state index contributed by atoms with van der Waals surface area (Å²) in [7, 11) is 1.29. The van der Waals surface area contributed by atoms with Gasteiger partial charge in [-0.1, -0.05) is 12.2 Å². The first-order chi connectivity index (χ1) is 13.7. The van der Waals surface area contributed by atoms with Gasteiger partial charge in [0, 0.05) is 29.4 Å². The second kappa shape index (κ2) is 6.65. The van der Waals surface area contributed by atoms with Crippen LogP contribution < -0.4 is 0 Å². The Morgan fingerprint density at radius 3 is 2.55 bits per heavy atom. The molecule has 8 heteroatoms. The topological polar surface area (TPSA) is 141 Å². The van der Waals surface area contributed by atoms with Gasteiger partial charge in [-0.15, -0.1) is 0 Å². The van der Waals surface area contributed by atoms with Crippen LogP contribution >= 0.6 is 0 Å². The van der Waals surface area contributed by atoms with Crippen molar-refractivity contribution >= 4 is 23.4 Å². The van der Waals surface area contributed by atoms with E-state index in [1.165, 1.54) is 43.5 Å². The van der Waals surface area contributed by atoms with Crippen LogP contribution in [0.2, 0.25) is 0 Å². The molecule has 4 atom stereocenters. The van der Waals surface area contributed by atoms with E-state index in [4.69, 9.17) is 9.84 Å². The number of Topliss-reactive ketones (excluding diaryl/α,β-unsaturated/α-hetero) is 3. The van der Waals surface area contributed by atoms with Gasteiger partial charge in [0.15, 0.2) is 17.3 Å². The van der Waals surface area contributed by atoms with E-state index < -0.39 is 47.9 Å². The zero-order chi connectivity index (χ0) is 21.1. The fourth-order valence-corrected chi connectivity index (χ4v) is 4.06. The Morgan fingerprint density at radius 1 is 1.17 bits per heavy atom. The average Bonchev–Trinajstić information content (AvgIpc) is 2.72. The van der Waals surface area contributed by atoms with Crippen LogP contribution in [-0.2, 0) is 9.53 Å². The fourth-order valence-electron chi connectivity index (χ4n) is 4.06. The molecule has 3 aliphatic carbocycles. The zero-order valence-corrected chi connectivity index (χ0v) is 15.3. The normalized spacial score (nSPS) is 30.2. The summed E-state index contributed by atoms with van der Waals surface area (Å²) < 4.78 is 5.13. The molecule has 4 N–H and O–H groups in total. The zero-order valence-electron chi connectivity index (χ0n) is 15.3. The van der Waals surface area contributed by atoms with E-state index in [0.29, 0.717) is 5.56 Å². The summed E-state index contributed by atoms with van der Waals surface area (Å²) in [6.45, 7) is -0.938. The molecular weight excluding hydrogens is 380 g/mol. The van der Waals surface area contributed by atoms with Gasteiger partial charge in [0.05, 0.1) is 12.0 Å². The minimum Gasteiger partial charge on any atom is -0.389 e. The molecule has 1 aromatic rings. The van der Waals surface area contributed by atoms with Crippen LogP contribution in [0.4, 0.5) is 0 Å². The molecule has 0 amide bonds. The van der Waals surface area contributed by atoms with Crippen LogP contribution in [0.25, 0.3) is 6.08 Å². The second-order valence-electron chi connectivity index (χ2n) is 7.16. The summed E-state index contributed by atoms with van der Waals surface area (Å²) in [5.41, 5.74) is 0.888. The van der Waals surface area contributed by atoms with Crippen molar-refractivity contribution in [1.29, 1.82) is 0 Å². The highest BCUT2D eigenvalue weighted by Gasteiger charge is 2.46. The minimum atomic E-state index is -1.81. The molecule has 0 saturated carbocycles. The fraction of sp³-hybridized carbons (Fsp3) is 0.286. The van der Waals surface area contributed by atoms with E-state index in [0.717, 1.165) is 0 Å². The van der Waals surface area contributed by atoms with Crippen LogP contribution in [0.5, 0.6) is 0 Å². The first-order valence-corrected chi connectivity index (χ1v) is 8.89. The van der Waals surface area contributed by atoms with Crippen molar-refractivity contribution in [3.8, 4) is 0 Å². The van der Waals surface area contributed by atoms with Crippen molar-refractivity contribution in [2.75, 3.05) is 13.7 Å². The quantitative estimate of drug-likeness (QED) is 0.516. The number of aliphatic hydroxyl groups is 4. The van der Waals surface area contributed by atoms with Gasteiger partial charge in [0.25, 0.3) is 0 Å². The Kier molecular flexibility index (Phi) is 4.49. The number of carbonyl (C=O) groups excluding carboxylic acids is 3. The molecule has 3 aliphatic rings. The smallest absolute Gasteiger partial charge is 0.213 e. The highest BCUT2D eigenvalue weighted by Crippen LogP contribution is 2.42. The monoisotopic (exact) mass is 398 g/mol. The largest absolute Gasteiger partial charge is 0.389 e. The Bertz CT molecular complexity index is 1050. The van der Waals surface area contributed by atoms with E-state index in [1.807, 2.05) is 0 Å². The highest BCUT2D eigenvalue weighted by atomic mass is 16.6. The third-order valence-corrected chi connectivity index (χ3v) is 5.64. The number of allylic oxidation sites excluding steroid dienone is 2. The number of ether oxygens (including phenoxy) is 1. The molecule has 4 unspecified atom stereocenters. The van der Waals surface area contributed by atoms with Gasteiger partial charge in [-0.25, -0.2) is 0 Å². The number of ketones is 3. The van der Waals surface area contributed by atoms with Crippen LogP contribution in [-0.4, -0.2) is 63.4 Å². The Hall–Kier alpha value is -2.75. The molecule has 0 fully saturated rings. The van der Waals surface area contributed by atoms with Crippen molar-refractivity contribution in [2.45, 2.75) is 18.0 Å². The lowest BCUT2D eigenvalue weighted by molar-refractivity contribution is -0.134. The number of hydrogen-bond donors (Lipinski definition) is 4. The number of rotatable bonds is 3. The van der Waals surface area contributed by atoms with Gasteiger partial charge in [-0.2, -0.15) is 0 Å². The SMILES string of the molecule is COC1(O)C=CC=C2C(=O)c3cc4c(cc3C=C21)C(=O)C(O)C(C(=O)CO)C4O. The van der Waals surface area contributed by atoms with Crippen LogP contribution in [0.1, 0.15) is 37.9 Å². The van der Waals surface area contributed by atoms with Gasteiger partial charge in [-0.05, 0) is 35.4 Å². The summed E-state index contributed by atoms with van der Waals surface area (Å²) in [6, 6.07) is 2.66. The average molecular weight is 398 g/mol. The number of benzene rings is 1. The predicted molar refractivity (Wildman–Crippen MR) is 98.8 cm³/mol. The molecule has 1 aromatic carbocycles. The summed E-state index contributed by atoms with van der Waals surface area (Å²) in [5, 5.41) is 40.6. The molecule has 0 aliphatic heterocycles. The summed E-state index contributed by atoms with van der Waals surface area (Å²) in [5.74, 6) is -5.44. The van der Waals surface area contributed by atoms with Gasteiger partial charge >= 0.3 is 0 Å². The molecule has 8 nitrogen and oxygen atoms in total. The Balaban J connectivity index is 1.91. The molecular formula is C21H18O8. The summed E-state index contributed by atoms with van der Waals surface area (Å²) in [6.07, 6.45) is 2.52. The van der Waals surface area contributed by atoms with E-state index in [-0.39, 0.29) is 27.8 Å². The third-order valence-electron chi connectivity index (χ3n) is 5.64. The van der Waals surface area contributed by atoms with E-state index >= 15 is 0 Å². The Morgan fingerprint density at radius 2 is 1.90 bits per heavy atom. The maximum atomic E-state index is 13.0. The predicted octanol–water partition coefficient (Wildman–Crippen LogP) is -0.134. The van der Waals surface area contributed by atoms with Crippen LogP contribution in [0.3, 0.4) is 0 Å².